The van der Waals surface area contributed by atoms with Crippen molar-refractivity contribution in [2.45, 2.75) is 31.7 Å². The summed E-state index contributed by atoms with van der Waals surface area (Å²) >= 11 is 0. The SMILES string of the molecule is Cc1ccc(C)c(S(=O)(=O)N2CCN([C@H](C)c3ccccc3)CC2)c1. The average Bonchev–Trinajstić information content (AvgIpc) is 2.64. The van der Waals surface area contributed by atoms with Crippen LogP contribution in [0.5, 0.6) is 0 Å². The van der Waals surface area contributed by atoms with E-state index in [1.807, 2.05) is 44.2 Å². The van der Waals surface area contributed by atoms with Gasteiger partial charge in [0.2, 0.25) is 10.0 Å². The first-order valence-corrected chi connectivity index (χ1v) is 10.2. The van der Waals surface area contributed by atoms with Crippen LogP contribution in [-0.4, -0.2) is 43.8 Å². The van der Waals surface area contributed by atoms with E-state index in [1.54, 1.807) is 10.4 Å². The monoisotopic (exact) mass is 358 g/mol. The molecule has 0 spiro atoms. The Morgan fingerprint density at radius 1 is 0.920 bits per heavy atom. The largest absolute Gasteiger partial charge is 0.294 e. The van der Waals surface area contributed by atoms with Gasteiger partial charge in [-0.25, -0.2) is 8.42 Å². The van der Waals surface area contributed by atoms with Crippen LogP contribution < -0.4 is 0 Å². The Labute approximate surface area is 151 Å². The second kappa shape index (κ2) is 7.28. The van der Waals surface area contributed by atoms with Gasteiger partial charge < -0.3 is 0 Å². The van der Waals surface area contributed by atoms with Crippen molar-refractivity contribution < 1.29 is 8.42 Å². The van der Waals surface area contributed by atoms with Crippen LogP contribution in [-0.2, 0) is 10.0 Å². The minimum absolute atomic E-state index is 0.298. The van der Waals surface area contributed by atoms with Gasteiger partial charge in [0, 0.05) is 32.2 Å². The minimum Gasteiger partial charge on any atom is -0.294 e. The van der Waals surface area contributed by atoms with Crippen molar-refractivity contribution in [3.05, 3.63) is 65.2 Å². The Hall–Kier alpha value is -1.69. The molecule has 2 aromatic rings. The molecule has 0 radical (unpaired) electrons. The Morgan fingerprint density at radius 3 is 2.20 bits per heavy atom. The molecule has 0 bridgehead atoms. The lowest BCUT2D eigenvalue weighted by atomic mass is 10.1. The highest BCUT2D eigenvalue weighted by Crippen LogP contribution is 2.25. The molecule has 2 aromatic carbocycles. The Balaban J connectivity index is 1.72. The topological polar surface area (TPSA) is 40.6 Å². The molecule has 1 atom stereocenters. The second-order valence-electron chi connectivity index (χ2n) is 6.80. The zero-order valence-corrected chi connectivity index (χ0v) is 16.0. The number of hydrogen-bond acceptors (Lipinski definition) is 3. The smallest absolute Gasteiger partial charge is 0.243 e. The van der Waals surface area contributed by atoms with E-state index in [0.29, 0.717) is 24.0 Å². The molecular formula is C20H26N2O2S. The molecule has 1 saturated heterocycles. The quantitative estimate of drug-likeness (QED) is 0.841. The molecule has 0 unspecified atom stereocenters. The van der Waals surface area contributed by atoms with Gasteiger partial charge in [0.05, 0.1) is 4.90 Å². The molecule has 0 aliphatic carbocycles. The van der Waals surface area contributed by atoms with Gasteiger partial charge in [-0.2, -0.15) is 4.31 Å². The zero-order valence-electron chi connectivity index (χ0n) is 15.1. The molecule has 1 fully saturated rings. The van der Waals surface area contributed by atoms with E-state index in [9.17, 15) is 8.42 Å². The fourth-order valence-electron chi connectivity index (χ4n) is 3.40. The van der Waals surface area contributed by atoms with Crippen LogP contribution in [0.15, 0.2) is 53.4 Å². The van der Waals surface area contributed by atoms with Crippen LogP contribution in [0.25, 0.3) is 0 Å². The van der Waals surface area contributed by atoms with E-state index < -0.39 is 10.0 Å². The van der Waals surface area contributed by atoms with Crippen molar-refractivity contribution in [2.24, 2.45) is 0 Å². The summed E-state index contributed by atoms with van der Waals surface area (Å²) in [7, 11) is -3.42. The zero-order chi connectivity index (χ0) is 18.0. The predicted octanol–water partition coefficient (Wildman–Crippen LogP) is 3.37. The van der Waals surface area contributed by atoms with Crippen molar-refractivity contribution in [1.29, 1.82) is 0 Å². The predicted molar refractivity (Wildman–Crippen MR) is 101 cm³/mol. The lowest BCUT2D eigenvalue weighted by Gasteiger charge is -2.37. The fraction of sp³-hybridized carbons (Fsp3) is 0.400. The van der Waals surface area contributed by atoms with Gasteiger partial charge in [-0.1, -0.05) is 42.5 Å². The van der Waals surface area contributed by atoms with Crippen molar-refractivity contribution in [3.8, 4) is 0 Å². The molecule has 1 heterocycles. The molecule has 0 amide bonds. The molecule has 134 valence electrons. The van der Waals surface area contributed by atoms with Gasteiger partial charge in [-0.15, -0.1) is 0 Å². The first kappa shape index (κ1) is 18.1. The number of benzene rings is 2. The van der Waals surface area contributed by atoms with Crippen molar-refractivity contribution in [3.63, 3.8) is 0 Å². The maximum absolute atomic E-state index is 13.0. The lowest BCUT2D eigenvalue weighted by molar-refractivity contribution is 0.146. The molecule has 25 heavy (non-hydrogen) atoms. The minimum atomic E-state index is -3.42. The van der Waals surface area contributed by atoms with E-state index >= 15 is 0 Å². The number of rotatable bonds is 4. The number of aryl methyl sites for hydroxylation is 2. The van der Waals surface area contributed by atoms with Crippen LogP contribution in [0.3, 0.4) is 0 Å². The van der Waals surface area contributed by atoms with E-state index in [0.717, 1.165) is 24.2 Å². The Morgan fingerprint density at radius 2 is 1.56 bits per heavy atom. The summed E-state index contributed by atoms with van der Waals surface area (Å²) in [6, 6.07) is 16.3. The Kier molecular flexibility index (Phi) is 5.27. The first-order valence-electron chi connectivity index (χ1n) is 8.76. The molecule has 0 N–H and O–H groups in total. The van der Waals surface area contributed by atoms with Crippen LogP contribution in [0, 0.1) is 13.8 Å². The normalized spacial score (nSPS) is 18.2. The third kappa shape index (κ3) is 3.78. The number of sulfonamides is 1. The number of piperazine rings is 1. The van der Waals surface area contributed by atoms with Crippen LogP contribution in [0.4, 0.5) is 0 Å². The third-order valence-corrected chi connectivity index (χ3v) is 7.11. The molecule has 1 aliphatic heterocycles. The van der Waals surface area contributed by atoms with Crippen LogP contribution in [0.1, 0.15) is 29.7 Å². The Bertz CT molecular complexity index is 826. The van der Waals surface area contributed by atoms with E-state index in [1.165, 1.54) is 5.56 Å². The molecule has 5 heteroatoms. The third-order valence-electron chi connectivity index (χ3n) is 5.06. The molecule has 0 aromatic heterocycles. The molecule has 4 nitrogen and oxygen atoms in total. The van der Waals surface area contributed by atoms with Crippen molar-refractivity contribution in [1.82, 2.24) is 9.21 Å². The first-order chi connectivity index (χ1) is 11.9. The standard InChI is InChI=1S/C20H26N2O2S/c1-16-9-10-17(2)20(15-16)25(23,24)22-13-11-21(12-14-22)18(3)19-7-5-4-6-8-19/h4-10,15,18H,11-14H2,1-3H3/t18-/m1/s1. The van der Waals surface area contributed by atoms with Crippen LogP contribution in [0.2, 0.25) is 0 Å². The number of hydrogen-bond donors (Lipinski definition) is 0. The van der Waals surface area contributed by atoms with E-state index in [-0.39, 0.29) is 0 Å². The molecular weight excluding hydrogens is 332 g/mol. The van der Waals surface area contributed by atoms with Gasteiger partial charge in [0.15, 0.2) is 0 Å². The maximum Gasteiger partial charge on any atom is 0.243 e. The van der Waals surface area contributed by atoms with Gasteiger partial charge >= 0.3 is 0 Å². The molecule has 0 saturated carbocycles. The van der Waals surface area contributed by atoms with Gasteiger partial charge in [0.1, 0.15) is 0 Å². The summed E-state index contributed by atoms with van der Waals surface area (Å²) in [4.78, 5) is 2.79. The fourth-order valence-corrected chi connectivity index (χ4v) is 5.13. The molecule has 3 rings (SSSR count). The van der Waals surface area contributed by atoms with Gasteiger partial charge in [-0.3, -0.25) is 4.90 Å². The summed E-state index contributed by atoms with van der Waals surface area (Å²) in [6.07, 6.45) is 0. The summed E-state index contributed by atoms with van der Waals surface area (Å²) in [5.41, 5.74) is 3.06. The lowest BCUT2D eigenvalue weighted by Crippen LogP contribution is -2.49. The van der Waals surface area contributed by atoms with Crippen molar-refractivity contribution in [2.75, 3.05) is 26.2 Å². The second-order valence-corrected chi connectivity index (χ2v) is 8.70. The summed E-state index contributed by atoms with van der Waals surface area (Å²) in [5.74, 6) is 0. The summed E-state index contributed by atoms with van der Waals surface area (Å²) < 4.78 is 27.7. The van der Waals surface area contributed by atoms with E-state index in [4.69, 9.17) is 0 Å². The summed E-state index contributed by atoms with van der Waals surface area (Å²) in [5, 5.41) is 0. The van der Waals surface area contributed by atoms with Crippen molar-refractivity contribution >= 4 is 10.0 Å². The maximum atomic E-state index is 13.0. The molecule has 1 aliphatic rings. The van der Waals surface area contributed by atoms with Gasteiger partial charge in [-0.05, 0) is 43.5 Å². The summed E-state index contributed by atoms with van der Waals surface area (Å²) in [6.45, 7) is 8.54. The highest BCUT2D eigenvalue weighted by Gasteiger charge is 2.31. The highest BCUT2D eigenvalue weighted by atomic mass is 32.2. The van der Waals surface area contributed by atoms with Gasteiger partial charge in [0.25, 0.3) is 0 Å². The average molecular weight is 359 g/mol. The highest BCUT2D eigenvalue weighted by molar-refractivity contribution is 7.89. The number of nitrogens with zero attached hydrogens (tertiary/aromatic N) is 2. The van der Waals surface area contributed by atoms with E-state index in [2.05, 4.69) is 24.0 Å². The van der Waals surface area contributed by atoms with Crippen LogP contribution >= 0.6 is 0 Å².